The molecule has 0 spiro atoms. The van der Waals surface area contributed by atoms with Gasteiger partial charge in [-0.05, 0) is 31.0 Å². The number of nitrogens with one attached hydrogen (secondary N) is 1. The second kappa shape index (κ2) is 4.58. The van der Waals surface area contributed by atoms with E-state index in [-0.39, 0.29) is 0 Å². The number of hydrogen-bond acceptors (Lipinski definition) is 2. The molecule has 1 aliphatic heterocycles. The average Bonchev–Trinajstić information content (AvgIpc) is 2.50. The SMILES string of the molecule is C[SiH](OC[C@H]1CCCN1)C(C)(C)C. The van der Waals surface area contributed by atoms with E-state index in [1.807, 2.05) is 0 Å². The molecular weight excluding hydrogens is 178 g/mol. The highest BCUT2D eigenvalue weighted by atomic mass is 28.3. The molecule has 78 valence electrons. The lowest BCUT2D eigenvalue weighted by atomic mass is 10.2. The second-order valence-electron chi connectivity index (χ2n) is 5.13. The van der Waals surface area contributed by atoms with Crippen molar-refractivity contribution in [3.05, 3.63) is 0 Å². The third-order valence-electron chi connectivity index (χ3n) is 2.93. The van der Waals surface area contributed by atoms with E-state index in [0.29, 0.717) is 11.1 Å². The molecule has 1 unspecified atom stereocenters. The van der Waals surface area contributed by atoms with Gasteiger partial charge in [0, 0.05) is 12.6 Å². The normalized spacial score (nSPS) is 26.3. The first kappa shape index (κ1) is 11.2. The van der Waals surface area contributed by atoms with Crippen LogP contribution in [0.1, 0.15) is 33.6 Å². The third-order valence-corrected chi connectivity index (χ3v) is 6.06. The van der Waals surface area contributed by atoms with E-state index >= 15 is 0 Å². The van der Waals surface area contributed by atoms with Crippen LogP contribution in [-0.2, 0) is 4.43 Å². The summed E-state index contributed by atoms with van der Waals surface area (Å²) >= 11 is 0. The van der Waals surface area contributed by atoms with Crippen LogP contribution in [0.2, 0.25) is 11.6 Å². The number of hydrogen-bond donors (Lipinski definition) is 1. The van der Waals surface area contributed by atoms with E-state index in [1.54, 1.807) is 0 Å². The predicted molar refractivity (Wildman–Crippen MR) is 59.7 cm³/mol. The highest BCUT2D eigenvalue weighted by Crippen LogP contribution is 2.27. The van der Waals surface area contributed by atoms with Gasteiger partial charge in [0.2, 0.25) is 0 Å². The molecule has 1 fully saturated rings. The molecule has 0 saturated carbocycles. The van der Waals surface area contributed by atoms with Crippen molar-refractivity contribution >= 4 is 9.04 Å². The smallest absolute Gasteiger partial charge is 0.179 e. The molecule has 0 radical (unpaired) electrons. The lowest BCUT2D eigenvalue weighted by Crippen LogP contribution is -2.33. The molecule has 0 aromatic carbocycles. The fourth-order valence-corrected chi connectivity index (χ4v) is 2.43. The highest BCUT2D eigenvalue weighted by Gasteiger charge is 2.24. The molecule has 2 atom stereocenters. The van der Waals surface area contributed by atoms with Gasteiger partial charge in [0.15, 0.2) is 9.04 Å². The lowest BCUT2D eigenvalue weighted by molar-refractivity contribution is 0.268. The summed E-state index contributed by atoms with van der Waals surface area (Å²) < 4.78 is 5.97. The van der Waals surface area contributed by atoms with Gasteiger partial charge in [-0.3, -0.25) is 0 Å². The van der Waals surface area contributed by atoms with E-state index in [0.717, 1.165) is 6.61 Å². The van der Waals surface area contributed by atoms with Gasteiger partial charge in [0.05, 0.1) is 0 Å². The standard InChI is InChI=1S/C10H23NOSi/c1-10(2,3)13(4)12-8-9-6-5-7-11-9/h9,11,13H,5-8H2,1-4H3/t9-,13?/m1/s1. The zero-order valence-corrected chi connectivity index (χ0v) is 10.5. The van der Waals surface area contributed by atoms with Crippen molar-refractivity contribution in [1.29, 1.82) is 0 Å². The highest BCUT2D eigenvalue weighted by molar-refractivity contribution is 6.53. The van der Waals surface area contributed by atoms with E-state index in [9.17, 15) is 0 Å². The van der Waals surface area contributed by atoms with Crippen molar-refractivity contribution in [3.8, 4) is 0 Å². The summed E-state index contributed by atoms with van der Waals surface area (Å²) in [5.41, 5.74) is 0. The number of rotatable bonds is 3. The van der Waals surface area contributed by atoms with Crippen LogP contribution in [0, 0.1) is 0 Å². The van der Waals surface area contributed by atoms with Crippen molar-refractivity contribution in [1.82, 2.24) is 5.32 Å². The van der Waals surface area contributed by atoms with Crippen LogP contribution in [-0.4, -0.2) is 28.2 Å². The van der Waals surface area contributed by atoms with Crippen LogP contribution in [0.3, 0.4) is 0 Å². The Morgan fingerprint density at radius 2 is 2.15 bits per heavy atom. The van der Waals surface area contributed by atoms with Gasteiger partial charge in [-0.2, -0.15) is 0 Å². The molecule has 0 aromatic heterocycles. The molecule has 2 nitrogen and oxygen atoms in total. The zero-order chi connectivity index (χ0) is 9.90. The van der Waals surface area contributed by atoms with E-state index < -0.39 is 9.04 Å². The maximum atomic E-state index is 5.97. The Labute approximate surface area is 83.8 Å². The summed E-state index contributed by atoms with van der Waals surface area (Å²) in [6.45, 7) is 11.3. The third kappa shape index (κ3) is 3.79. The minimum Gasteiger partial charge on any atom is -0.418 e. The molecule has 1 rings (SSSR count). The molecule has 0 bridgehead atoms. The summed E-state index contributed by atoms with van der Waals surface area (Å²) in [5.74, 6) is 0. The predicted octanol–water partition coefficient (Wildman–Crippen LogP) is 1.91. The van der Waals surface area contributed by atoms with Crippen molar-refractivity contribution in [3.63, 3.8) is 0 Å². The van der Waals surface area contributed by atoms with Gasteiger partial charge in [0.1, 0.15) is 0 Å². The summed E-state index contributed by atoms with van der Waals surface area (Å²) in [6, 6.07) is 0.636. The Hall–Kier alpha value is 0.137. The molecular formula is C10H23NOSi. The maximum Gasteiger partial charge on any atom is 0.179 e. The first-order chi connectivity index (χ1) is 6.00. The van der Waals surface area contributed by atoms with Crippen LogP contribution in [0.15, 0.2) is 0 Å². The molecule has 13 heavy (non-hydrogen) atoms. The fraction of sp³-hybridized carbons (Fsp3) is 1.00. The van der Waals surface area contributed by atoms with Gasteiger partial charge >= 0.3 is 0 Å². The van der Waals surface area contributed by atoms with E-state index in [1.165, 1.54) is 19.4 Å². The average molecular weight is 201 g/mol. The molecule has 0 aromatic rings. The summed E-state index contributed by atoms with van der Waals surface area (Å²) in [6.07, 6.45) is 2.62. The second-order valence-corrected chi connectivity index (χ2v) is 8.48. The Bertz CT molecular complexity index is 149. The lowest BCUT2D eigenvalue weighted by Gasteiger charge is -2.26. The molecule has 3 heteroatoms. The summed E-state index contributed by atoms with van der Waals surface area (Å²) in [4.78, 5) is 0. The van der Waals surface area contributed by atoms with Crippen LogP contribution in [0.4, 0.5) is 0 Å². The summed E-state index contributed by atoms with van der Waals surface area (Å²) in [5, 5.41) is 3.86. The fourth-order valence-electron chi connectivity index (χ4n) is 1.41. The summed E-state index contributed by atoms with van der Waals surface area (Å²) in [7, 11) is -0.987. The van der Waals surface area contributed by atoms with Crippen LogP contribution < -0.4 is 5.32 Å². The molecule has 1 N–H and O–H groups in total. The van der Waals surface area contributed by atoms with E-state index in [4.69, 9.17) is 4.43 Å². The molecule has 1 aliphatic rings. The Kier molecular flexibility index (Phi) is 3.95. The first-order valence-corrected chi connectivity index (χ1v) is 7.55. The quantitative estimate of drug-likeness (QED) is 0.704. The molecule has 1 saturated heterocycles. The van der Waals surface area contributed by atoms with Crippen LogP contribution in [0.5, 0.6) is 0 Å². The van der Waals surface area contributed by atoms with Gasteiger partial charge in [0.25, 0.3) is 0 Å². The van der Waals surface area contributed by atoms with Gasteiger partial charge in [-0.25, -0.2) is 0 Å². The minimum absolute atomic E-state index is 0.401. The van der Waals surface area contributed by atoms with Gasteiger partial charge in [-0.1, -0.05) is 20.8 Å². The Morgan fingerprint density at radius 1 is 1.46 bits per heavy atom. The van der Waals surface area contributed by atoms with Crippen LogP contribution >= 0.6 is 0 Å². The molecule has 1 heterocycles. The Balaban J connectivity index is 2.17. The van der Waals surface area contributed by atoms with Crippen molar-refractivity contribution < 1.29 is 4.43 Å². The largest absolute Gasteiger partial charge is 0.418 e. The van der Waals surface area contributed by atoms with Crippen molar-refractivity contribution in [2.75, 3.05) is 13.2 Å². The van der Waals surface area contributed by atoms with Crippen molar-refractivity contribution in [2.24, 2.45) is 0 Å². The van der Waals surface area contributed by atoms with Crippen molar-refractivity contribution in [2.45, 2.75) is 51.2 Å². The molecule has 0 amide bonds. The monoisotopic (exact) mass is 201 g/mol. The van der Waals surface area contributed by atoms with E-state index in [2.05, 4.69) is 32.6 Å². The van der Waals surface area contributed by atoms with Gasteiger partial charge < -0.3 is 9.74 Å². The maximum absolute atomic E-state index is 5.97. The topological polar surface area (TPSA) is 21.3 Å². The molecule has 0 aliphatic carbocycles. The van der Waals surface area contributed by atoms with Crippen LogP contribution in [0.25, 0.3) is 0 Å². The first-order valence-electron chi connectivity index (χ1n) is 5.35. The Morgan fingerprint density at radius 3 is 2.62 bits per heavy atom. The van der Waals surface area contributed by atoms with Gasteiger partial charge in [-0.15, -0.1) is 0 Å². The zero-order valence-electron chi connectivity index (χ0n) is 9.39. The minimum atomic E-state index is -0.987.